The first kappa shape index (κ1) is 22.4. The zero-order chi connectivity index (χ0) is 23.2. The molecule has 33 heavy (non-hydrogen) atoms. The van der Waals surface area contributed by atoms with Crippen LogP contribution in [0.15, 0.2) is 54.6 Å². The number of piperidine rings is 1. The van der Waals surface area contributed by atoms with Crippen LogP contribution in [-0.4, -0.2) is 43.5 Å². The lowest BCUT2D eigenvalue weighted by molar-refractivity contribution is 0.262. The second-order valence-electron chi connectivity index (χ2n) is 8.17. The normalized spacial score (nSPS) is 14.0. The molecule has 8 nitrogen and oxygen atoms in total. The molecule has 0 unspecified atom stereocenters. The van der Waals surface area contributed by atoms with E-state index in [4.69, 9.17) is 9.47 Å². The molecule has 8 heteroatoms. The highest BCUT2D eigenvalue weighted by Crippen LogP contribution is 2.29. The molecule has 0 spiro atoms. The summed E-state index contributed by atoms with van der Waals surface area (Å²) >= 11 is 0. The lowest BCUT2D eigenvalue weighted by Crippen LogP contribution is -2.33. The summed E-state index contributed by atoms with van der Waals surface area (Å²) in [5.41, 5.74) is 2.90. The molecule has 1 saturated heterocycles. The molecule has 0 atom stereocenters. The number of anilines is 3. The van der Waals surface area contributed by atoms with Gasteiger partial charge < -0.3 is 25.0 Å². The van der Waals surface area contributed by atoms with E-state index in [1.54, 1.807) is 32.4 Å². The minimum atomic E-state index is -0.380. The van der Waals surface area contributed by atoms with Gasteiger partial charge in [0, 0.05) is 30.4 Å². The predicted octanol–water partition coefficient (Wildman–Crippen LogP) is 5.04. The van der Waals surface area contributed by atoms with Gasteiger partial charge in [0.2, 0.25) is 0 Å². The van der Waals surface area contributed by atoms with E-state index >= 15 is 0 Å². The number of carbonyl (C=O) groups is 1. The van der Waals surface area contributed by atoms with Crippen molar-refractivity contribution in [3.8, 4) is 22.8 Å². The fourth-order valence-electron chi connectivity index (χ4n) is 3.81. The van der Waals surface area contributed by atoms with Crippen LogP contribution in [0.5, 0.6) is 11.5 Å². The summed E-state index contributed by atoms with van der Waals surface area (Å²) in [6.07, 6.45) is 2.38. The monoisotopic (exact) mass is 447 g/mol. The molecule has 0 saturated carbocycles. The van der Waals surface area contributed by atoms with E-state index in [0.717, 1.165) is 36.1 Å². The zero-order valence-corrected chi connectivity index (χ0v) is 19.2. The number of methoxy groups -OCH3 is 2. The van der Waals surface area contributed by atoms with Crippen molar-refractivity contribution in [1.82, 2.24) is 10.2 Å². The molecule has 2 aromatic carbocycles. The number of aromatic nitrogens is 2. The second kappa shape index (κ2) is 10.2. The number of urea groups is 1. The van der Waals surface area contributed by atoms with Crippen LogP contribution in [0.4, 0.5) is 22.0 Å². The van der Waals surface area contributed by atoms with Gasteiger partial charge in [-0.15, -0.1) is 10.2 Å². The van der Waals surface area contributed by atoms with Crippen molar-refractivity contribution in [2.45, 2.75) is 19.8 Å². The number of hydrogen-bond acceptors (Lipinski definition) is 6. The molecule has 0 bridgehead atoms. The molecule has 3 aromatic rings. The average Bonchev–Trinajstić information content (AvgIpc) is 2.85. The number of carbonyl (C=O) groups excluding carboxylic acids is 1. The number of nitrogens with zero attached hydrogens (tertiary/aromatic N) is 3. The Labute approximate surface area is 193 Å². The van der Waals surface area contributed by atoms with E-state index in [1.165, 1.54) is 12.8 Å². The number of amides is 2. The molecule has 1 aromatic heterocycles. The summed E-state index contributed by atoms with van der Waals surface area (Å²) in [5.74, 6) is 2.87. The van der Waals surface area contributed by atoms with Crippen LogP contribution in [0.2, 0.25) is 0 Å². The summed E-state index contributed by atoms with van der Waals surface area (Å²) in [4.78, 5) is 14.8. The van der Waals surface area contributed by atoms with E-state index in [-0.39, 0.29) is 6.03 Å². The van der Waals surface area contributed by atoms with Crippen LogP contribution in [0.25, 0.3) is 11.3 Å². The van der Waals surface area contributed by atoms with Crippen molar-refractivity contribution in [3.63, 3.8) is 0 Å². The molecule has 1 aliphatic heterocycles. The third-order valence-corrected chi connectivity index (χ3v) is 5.85. The third kappa shape index (κ3) is 5.52. The Morgan fingerprint density at radius 2 is 1.70 bits per heavy atom. The third-order valence-electron chi connectivity index (χ3n) is 5.85. The standard InChI is InChI=1S/C25H29N5O3/c1-17-12-14-30(15-13-17)24-11-9-21(28-29-24)18-4-6-19(7-5-18)26-25(31)27-22-16-20(32-2)8-10-23(22)33-3/h4-11,16-17H,12-15H2,1-3H3,(H2,26,27,31). The van der Waals surface area contributed by atoms with Gasteiger partial charge in [-0.1, -0.05) is 19.1 Å². The number of benzene rings is 2. The van der Waals surface area contributed by atoms with E-state index < -0.39 is 0 Å². The molecular weight excluding hydrogens is 418 g/mol. The minimum Gasteiger partial charge on any atom is -0.497 e. The van der Waals surface area contributed by atoms with Crippen molar-refractivity contribution >= 4 is 23.2 Å². The average molecular weight is 448 g/mol. The van der Waals surface area contributed by atoms with Crippen LogP contribution in [-0.2, 0) is 0 Å². The largest absolute Gasteiger partial charge is 0.497 e. The van der Waals surface area contributed by atoms with Crippen molar-refractivity contribution in [2.24, 2.45) is 5.92 Å². The number of rotatable bonds is 6. The van der Waals surface area contributed by atoms with Gasteiger partial charge in [0.1, 0.15) is 11.5 Å². The Morgan fingerprint density at radius 3 is 2.33 bits per heavy atom. The first-order valence-electron chi connectivity index (χ1n) is 11.0. The number of nitrogens with one attached hydrogen (secondary N) is 2. The molecular formula is C25H29N5O3. The highest BCUT2D eigenvalue weighted by Gasteiger charge is 2.17. The highest BCUT2D eigenvalue weighted by atomic mass is 16.5. The minimum absolute atomic E-state index is 0.380. The van der Waals surface area contributed by atoms with Gasteiger partial charge >= 0.3 is 6.03 Å². The Bertz CT molecular complexity index is 1080. The van der Waals surface area contributed by atoms with Gasteiger partial charge in [-0.3, -0.25) is 0 Å². The Morgan fingerprint density at radius 1 is 0.939 bits per heavy atom. The van der Waals surface area contributed by atoms with E-state index in [1.807, 2.05) is 36.4 Å². The summed E-state index contributed by atoms with van der Waals surface area (Å²) < 4.78 is 10.5. The molecule has 1 aliphatic rings. The van der Waals surface area contributed by atoms with Crippen molar-refractivity contribution < 1.29 is 14.3 Å². The smallest absolute Gasteiger partial charge is 0.323 e. The van der Waals surface area contributed by atoms with Gasteiger partial charge in [-0.25, -0.2) is 4.79 Å². The van der Waals surface area contributed by atoms with Gasteiger partial charge in [0.05, 0.1) is 25.6 Å². The molecule has 4 rings (SSSR count). The van der Waals surface area contributed by atoms with Gasteiger partial charge in [0.15, 0.2) is 5.82 Å². The van der Waals surface area contributed by atoms with Gasteiger partial charge in [-0.05, 0) is 55.2 Å². The van der Waals surface area contributed by atoms with Crippen LogP contribution in [0, 0.1) is 5.92 Å². The van der Waals surface area contributed by atoms with Crippen LogP contribution >= 0.6 is 0 Å². The fraction of sp³-hybridized carbons (Fsp3) is 0.320. The number of hydrogen-bond donors (Lipinski definition) is 2. The zero-order valence-electron chi connectivity index (χ0n) is 19.2. The maximum atomic E-state index is 12.5. The highest BCUT2D eigenvalue weighted by molar-refractivity contribution is 6.00. The van der Waals surface area contributed by atoms with Crippen LogP contribution in [0.3, 0.4) is 0 Å². The number of ether oxygens (including phenoxy) is 2. The first-order chi connectivity index (χ1) is 16.1. The van der Waals surface area contributed by atoms with Crippen LogP contribution < -0.4 is 25.0 Å². The molecule has 0 radical (unpaired) electrons. The van der Waals surface area contributed by atoms with E-state index in [0.29, 0.717) is 22.9 Å². The molecule has 2 heterocycles. The summed E-state index contributed by atoms with van der Waals surface area (Å²) in [7, 11) is 3.12. The molecule has 172 valence electrons. The van der Waals surface area contributed by atoms with Gasteiger partial charge in [-0.2, -0.15) is 0 Å². The molecule has 0 aliphatic carbocycles. The Hall–Kier alpha value is -3.81. The van der Waals surface area contributed by atoms with Crippen molar-refractivity contribution in [3.05, 3.63) is 54.6 Å². The molecule has 2 N–H and O–H groups in total. The summed E-state index contributed by atoms with van der Waals surface area (Å²) in [6.45, 7) is 4.35. The SMILES string of the molecule is COc1ccc(OC)c(NC(=O)Nc2ccc(-c3ccc(N4CCC(C)CC4)nn3)cc2)c1. The quantitative estimate of drug-likeness (QED) is 0.550. The maximum absolute atomic E-state index is 12.5. The molecule has 2 amide bonds. The first-order valence-corrected chi connectivity index (χ1v) is 11.0. The van der Waals surface area contributed by atoms with Crippen molar-refractivity contribution in [2.75, 3.05) is 42.8 Å². The maximum Gasteiger partial charge on any atom is 0.323 e. The Kier molecular flexibility index (Phi) is 6.92. The summed E-state index contributed by atoms with van der Waals surface area (Å²) in [5, 5.41) is 14.4. The second-order valence-corrected chi connectivity index (χ2v) is 8.17. The Balaban J connectivity index is 1.38. The van der Waals surface area contributed by atoms with Crippen molar-refractivity contribution in [1.29, 1.82) is 0 Å². The molecule has 1 fully saturated rings. The van der Waals surface area contributed by atoms with Crippen LogP contribution in [0.1, 0.15) is 19.8 Å². The van der Waals surface area contributed by atoms with Gasteiger partial charge in [0.25, 0.3) is 0 Å². The summed E-state index contributed by atoms with van der Waals surface area (Å²) in [6, 6.07) is 16.3. The van der Waals surface area contributed by atoms with E-state index in [2.05, 4.69) is 32.7 Å². The lowest BCUT2D eigenvalue weighted by atomic mass is 9.99. The predicted molar refractivity (Wildman–Crippen MR) is 130 cm³/mol. The fourth-order valence-corrected chi connectivity index (χ4v) is 3.81. The van der Waals surface area contributed by atoms with E-state index in [9.17, 15) is 4.79 Å². The lowest BCUT2D eigenvalue weighted by Gasteiger charge is -2.30. The topological polar surface area (TPSA) is 88.6 Å².